The lowest BCUT2D eigenvalue weighted by Crippen LogP contribution is -2.47. The van der Waals surface area contributed by atoms with Crippen LogP contribution in [0.1, 0.15) is 38.5 Å². The Labute approximate surface area is 105 Å². The Balaban J connectivity index is 2.50. The summed E-state index contributed by atoms with van der Waals surface area (Å²) < 4.78 is 0. The third-order valence-electron chi connectivity index (χ3n) is 3.91. The molecule has 100 valence electrons. The van der Waals surface area contributed by atoms with Crippen molar-refractivity contribution in [3.8, 4) is 0 Å². The molecule has 0 aliphatic heterocycles. The lowest BCUT2D eigenvalue weighted by Gasteiger charge is -2.36. The summed E-state index contributed by atoms with van der Waals surface area (Å²) in [5.74, 6) is 0.170. The highest BCUT2D eigenvalue weighted by Crippen LogP contribution is 2.23. The van der Waals surface area contributed by atoms with Crippen molar-refractivity contribution in [3.05, 3.63) is 0 Å². The number of rotatable bonds is 5. The van der Waals surface area contributed by atoms with Crippen LogP contribution in [0.15, 0.2) is 0 Å². The van der Waals surface area contributed by atoms with Gasteiger partial charge in [-0.25, -0.2) is 0 Å². The van der Waals surface area contributed by atoms with Gasteiger partial charge in [0.1, 0.15) is 0 Å². The van der Waals surface area contributed by atoms with Crippen molar-refractivity contribution in [2.24, 2.45) is 5.73 Å². The minimum absolute atomic E-state index is 0.170. The summed E-state index contributed by atoms with van der Waals surface area (Å²) in [6.07, 6.45) is 7.03. The van der Waals surface area contributed by atoms with E-state index in [2.05, 4.69) is 11.9 Å². The van der Waals surface area contributed by atoms with Crippen LogP contribution in [0, 0.1) is 0 Å². The van der Waals surface area contributed by atoms with Crippen LogP contribution in [0.2, 0.25) is 0 Å². The number of nitrogens with zero attached hydrogens (tertiary/aromatic N) is 2. The van der Waals surface area contributed by atoms with E-state index in [0.29, 0.717) is 19.0 Å². The SMILES string of the molecule is CN(C)C(=O)CC(CN)N(C)C1CCCCC1. The van der Waals surface area contributed by atoms with Crippen molar-refractivity contribution < 1.29 is 4.79 Å². The maximum Gasteiger partial charge on any atom is 0.223 e. The second kappa shape index (κ2) is 6.97. The molecule has 0 radical (unpaired) electrons. The second-order valence-electron chi connectivity index (χ2n) is 5.34. The van der Waals surface area contributed by atoms with Gasteiger partial charge in [0.15, 0.2) is 0 Å². The summed E-state index contributed by atoms with van der Waals surface area (Å²) in [6, 6.07) is 0.806. The van der Waals surface area contributed by atoms with E-state index in [4.69, 9.17) is 5.73 Å². The van der Waals surface area contributed by atoms with E-state index in [0.717, 1.165) is 0 Å². The summed E-state index contributed by atoms with van der Waals surface area (Å²) in [5, 5.41) is 0. The smallest absolute Gasteiger partial charge is 0.223 e. The first-order valence-corrected chi connectivity index (χ1v) is 6.68. The zero-order chi connectivity index (χ0) is 12.8. The van der Waals surface area contributed by atoms with Crippen molar-refractivity contribution >= 4 is 5.91 Å². The predicted molar refractivity (Wildman–Crippen MR) is 70.8 cm³/mol. The van der Waals surface area contributed by atoms with Gasteiger partial charge in [0, 0.05) is 39.1 Å². The minimum Gasteiger partial charge on any atom is -0.349 e. The van der Waals surface area contributed by atoms with Crippen LogP contribution < -0.4 is 5.73 Å². The average molecular weight is 241 g/mol. The Hall–Kier alpha value is -0.610. The number of likely N-dealkylation sites (N-methyl/N-ethyl adjacent to an activating group) is 1. The predicted octanol–water partition coefficient (Wildman–Crippen LogP) is 1.06. The number of hydrogen-bond donors (Lipinski definition) is 1. The number of amides is 1. The molecule has 1 saturated carbocycles. The van der Waals surface area contributed by atoms with E-state index in [1.165, 1.54) is 32.1 Å². The maximum absolute atomic E-state index is 11.7. The Bertz CT molecular complexity index is 237. The van der Waals surface area contributed by atoms with Crippen LogP contribution in [-0.2, 0) is 4.79 Å². The van der Waals surface area contributed by atoms with Gasteiger partial charge in [0.05, 0.1) is 0 Å². The van der Waals surface area contributed by atoms with Gasteiger partial charge in [0.25, 0.3) is 0 Å². The molecular weight excluding hydrogens is 214 g/mol. The van der Waals surface area contributed by atoms with E-state index in [9.17, 15) is 4.79 Å². The van der Waals surface area contributed by atoms with Crippen LogP contribution in [0.5, 0.6) is 0 Å². The zero-order valence-electron chi connectivity index (χ0n) is 11.5. The lowest BCUT2D eigenvalue weighted by atomic mass is 9.93. The molecule has 17 heavy (non-hydrogen) atoms. The molecule has 1 unspecified atom stereocenters. The first-order chi connectivity index (χ1) is 8.06. The van der Waals surface area contributed by atoms with Gasteiger partial charge in [-0.15, -0.1) is 0 Å². The zero-order valence-corrected chi connectivity index (χ0v) is 11.5. The topological polar surface area (TPSA) is 49.6 Å². The standard InChI is InChI=1S/C13H27N3O/c1-15(2)13(17)9-12(10-14)16(3)11-7-5-4-6-8-11/h11-12H,4-10,14H2,1-3H3. The van der Waals surface area contributed by atoms with Gasteiger partial charge >= 0.3 is 0 Å². The number of nitrogens with two attached hydrogens (primary N) is 1. The van der Waals surface area contributed by atoms with E-state index >= 15 is 0 Å². The molecule has 0 saturated heterocycles. The summed E-state index contributed by atoms with van der Waals surface area (Å²) in [6.45, 7) is 0.562. The molecule has 1 fully saturated rings. The molecule has 4 heteroatoms. The van der Waals surface area contributed by atoms with Crippen LogP contribution in [0.3, 0.4) is 0 Å². The van der Waals surface area contributed by atoms with Crippen LogP contribution in [0.4, 0.5) is 0 Å². The molecule has 0 spiro atoms. The minimum atomic E-state index is 0.170. The van der Waals surface area contributed by atoms with E-state index in [1.807, 2.05) is 0 Å². The quantitative estimate of drug-likeness (QED) is 0.783. The fourth-order valence-electron chi connectivity index (χ4n) is 2.56. The van der Waals surface area contributed by atoms with E-state index in [1.54, 1.807) is 19.0 Å². The summed E-state index contributed by atoms with van der Waals surface area (Å²) >= 11 is 0. The molecular formula is C13H27N3O. The average Bonchev–Trinajstić information content (AvgIpc) is 2.35. The summed E-state index contributed by atoms with van der Waals surface area (Å²) in [5.41, 5.74) is 5.82. The molecule has 1 atom stereocenters. The molecule has 0 aromatic rings. The molecule has 0 bridgehead atoms. The highest BCUT2D eigenvalue weighted by Gasteiger charge is 2.25. The molecule has 2 N–H and O–H groups in total. The van der Waals surface area contributed by atoms with Gasteiger partial charge in [-0.05, 0) is 19.9 Å². The second-order valence-corrected chi connectivity index (χ2v) is 5.34. The fourth-order valence-corrected chi connectivity index (χ4v) is 2.56. The molecule has 0 heterocycles. The Kier molecular flexibility index (Phi) is 5.92. The van der Waals surface area contributed by atoms with Gasteiger partial charge in [-0.2, -0.15) is 0 Å². The molecule has 1 aliphatic carbocycles. The first-order valence-electron chi connectivity index (χ1n) is 6.68. The van der Waals surface area contributed by atoms with Crippen LogP contribution in [0.25, 0.3) is 0 Å². The van der Waals surface area contributed by atoms with Gasteiger partial charge < -0.3 is 10.6 Å². The van der Waals surface area contributed by atoms with Crippen molar-refractivity contribution in [2.45, 2.75) is 50.6 Å². The molecule has 4 nitrogen and oxygen atoms in total. The third-order valence-corrected chi connectivity index (χ3v) is 3.91. The fraction of sp³-hybridized carbons (Fsp3) is 0.923. The van der Waals surface area contributed by atoms with Crippen LogP contribution in [-0.4, -0.2) is 55.5 Å². The Morgan fingerprint density at radius 1 is 1.24 bits per heavy atom. The number of carbonyl (C=O) groups excluding carboxylic acids is 1. The van der Waals surface area contributed by atoms with Gasteiger partial charge in [-0.3, -0.25) is 9.69 Å². The summed E-state index contributed by atoms with van der Waals surface area (Å²) in [4.78, 5) is 15.7. The monoisotopic (exact) mass is 241 g/mol. The lowest BCUT2D eigenvalue weighted by molar-refractivity contribution is -0.130. The number of carbonyl (C=O) groups is 1. The first kappa shape index (κ1) is 14.5. The molecule has 1 amide bonds. The van der Waals surface area contributed by atoms with Crippen molar-refractivity contribution in [3.63, 3.8) is 0 Å². The third kappa shape index (κ3) is 4.28. The van der Waals surface area contributed by atoms with E-state index in [-0.39, 0.29) is 11.9 Å². The Morgan fingerprint density at radius 3 is 2.29 bits per heavy atom. The van der Waals surface area contributed by atoms with Crippen molar-refractivity contribution in [1.29, 1.82) is 0 Å². The molecule has 0 aromatic carbocycles. The van der Waals surface area contributed by atoms with Crippen LogP contribution >= 0.6 is 0 Å². The Morgan fingerprint density at radius 2 is 1.82 bits per heavy atom. The molecule has 1 rings (SSSR count). The van der Waals surface area contributed by atoms with Gasteiger partial charge in [-0.1, -0.05) is 19.3 Å². The van der Waals surface area contributed by atoms with Crippen molar-refractivity contribution in [2.75, 3.05) is 27.7 Å². The van der Waals surface area contributed by atoms with Gasteiger partial charge in [0.2, 0.25) is 5.91 Å². The highest BCUT2D eigenvalue weighted by atomic mass is 16.2. The van der Waals surface area contributed by atoms with Crippen molar-refractivity contribution in [1.82, 2.24) is 9.80 Å². The summed E-state index contributed by atoms with van der Waals surface area (Å²) in [7, 11) is 5.73. The highest BCUT2D eigenvalue weighted by molar-refractivity contribution is 5.76. The maximum atomic E-state index is 11.7. The van der Waals surface area contributed by atoms with E-state index < -0.39 is 0 Å². The largest absolute Gasteiger partial charge is 0.349 e. The molecule has 1 aliphatic rings. The normalized spacial score (nSPS) is 19.4. The number of hydrogen-bond acceptors (Lipinski definition) is 3. The molecule has 0 aromatic heterocycles.